The van der Waals surface area contributed by atoms with Gasteiger partial charge < -0.3 is 14.6 Å². The molecule has 0 aliphatic heterocycles. The molecule has 0 heterocycles. The van der Waals surface area contributed by atoms with Crippen LogP contribution in [0.2, 0.25) is 0 Å². The van der Waals surface area contributed by atoms with Gasteiger partial charge in [0, 0.05) is 12.5 Å². The Labute approximate surface area is 155 Å². The van der Waals surface area contributed by atoms with Gasteiger partial charge in [-0.3, -0.25) is 0 Å². The van der Waals surface area contributed by atoms with Crippen LogP contribution in [0, 0.1) is 5.92 Å². The van der Waals surface area contributed by atoms with E-state index in [1.807, 2.05) is 45.1 Å². The van der Waals surface area contributed by atoms with Gasteiger partial charge in [-0.1, -0.05) is 69.2 Å². The second-order valence-corrected chi connectivity index (χ2v) is 6.27. The average Bonchev–Trinajstić information content (AvgIpc) is 2.59. The van der Waals surface area contributed by atoms with Crippen molar-refractivity contribution in [3.05, 3.63) is 49.1 Å². The number of ether oxygens (including phenoxy) is 2. The summed E-state index contributed by atoms with van der Waals surface area (Å²) in [5.41, 5.74) is 0. The van der Waals surface area contributed by atoms with Gasteiger partial charge in [0.05, 0.1) is 12.2 Å². The summed E-state index contributed by atoms with van der Waals surface area (Å²) in [7, 11) is 0. The zero-order chi connectivity index (χ0) is 18.9. The van der Waals surface area contributed by atoms with Crippen molar-refractivity contribution < 1.29 is 14.6 Å². The molecule has 1 unspecified atom stereocenters. The zero-order valence-corrected chi connectivity index (χ0v) is 16.6. The van der Waals surface area contributed by atoms with Crippen LogP contribution >= 0.6 is 0 Å². The minimum atomic E-state index is -0.572. The van der Waals surface area contributed by atoms with Crippen LogP contribution in [0.5, 0.6) is 0 Å². The van der Waals surface area contributed by atoms with Crippen molar-refractivity contribution in [3.63, 3.8) is 0 Å². The topological polar surface area (TPSA) is 38.7 Å². The lowest BCUT2D eigenvalue weighted by Crippen LogP contribution is -2.33. The minimum Gasteiger partial charge on any atom is -0.389 e. The summed E-state index contributed by atoms with van der Waals surface area (Å²) in [6, 6.07) is 0. The van der Waals surface area contributed by atoms with E-state index in [9.17, 15) is 5.11 Å². The smallest absolute Gasteiger partial charge is 0.155 e. The van der Waals surface area contributed by atoms with Gasteiger partial charge in [-0.25, -0.2) is 0 Å². The predicted octanol–water partition coefficient (Wildman–Crippen LogP) is 5.58. The normalized spacial score (nSPS) is 17.3. The fourth-order valence-corrected chi connectivity index (χ4v) is 2.47. The molecular formula is C22H38O3. The maximum Gasteiger partial charge on any atom is 0.155 e. The Morgan fingerprint density at radius 3 is 2.40 bits per heavy atom. The molecule has 0 aromatic heterocycles. The number of aliphatic hydroxyl groups excluding tert-OH is 1. The van der Waals surface area contributed by atoms with E-state index in [0.717, 1.165) is 6.42 Å². The molecule has 0 rings (SSSR count). The van der Waals surface area contributed by atoms with E-state index in [1.165, 1.54) is 19.3 Å². The van der Waals surface area contributed by atoms with Gasteiger partial charge in [-0.2, -0.15) is 0 Å². The summed E-state index contributed by atoms with van der Waals surface area (Å²) >= 11 is 0. The van der Waals surface area contributed by atoms with Crippen LogP contribution < -0.4 is 0 Å². The van der Waals surface area contributed by atoms with E-state index in [1.54, 1.807) is 6.08 Å². The molecule has 0 saturated heterocycles. The van der Waals surface area contributed by atoms with Gasteiger partial charge in [0.2, 0.25) is 0 Å². The lowest BCUT2D eigenvalue weighted by Gasteiger charge is -2.28. The molecule has 0 aromatic carbocycles. The second kappa shape index (κ2) is 16.3. The number of aliphatic hydroxyl groups is 1. The highest BCUT2D eigenvalue weighted by molar-refractivity contribution is 5.12. The highest BCUT2D eigenvalue weighted by Crippen LogP contribution is 2.19. The molecule has 1 N–H and O–H groups in total. The maximum atomic E-state index is 10.4. The molecule has 0 amide bonds. The Balaban J connectivity index is 4.37. The average molecular weight is 351 g/mol. The number of hydrogen-bond donors (Lipinski definition) is 1. The van der Waals surface area contributed by atoms with Gasteiger partial charge in [0.1, 0.15) is 0 Å². The number of rotatable bonds is 15. The minimum absolute atomic E-state index is 0.0462. The zero-order valence-electron chi connectivity index (χ0n) is 16.6. The van der Waals surface area contributed by atoms with Gasteiger partial charge in [-0.05, 0) is 33.1 Å². The van der Waals surface area contributed by atoms with Crippen LogP contribution in [0.3, 0.4) is 0 Å². The molecule has 0 bridgehead atoms. The summed E-state index contributed by atoms with van der Waals surface area (Å²) in [6.07, 6.45) is 18.3. The van der Waals surface area contributed by atoms with Crippen LogP contribution in [-0.2, 0) is 9.47 Å². The van der Waals surface area contributed by atoms with Crippen LogP contribution in [-0.4, -0.2) is 30.2 Å². The van der Waals surface area contributed by atoms with Gasteiger partial charge >= 0.3 is 0 Å². The van der Waals surface area contributed by atoms with Gasteiger partial charge in [-0.15, -0.1) is 6.58 Å². The molecule has 0 radical (unpaired) electrons. The summed E-state index contributed by atoms with van der Waals surface area (Å²) < 4.78 is 11.3. The first-order chi connectivity index (χ1) is 12.1. The van der Waals surface area contributed by atoms with Crippen molar-refractivity contribution in [2.24, 2.45) is 5.92 Å². The van der Waals surface area contributed by atoms with Crippen LogP contribution in [0.4, 0.5) is 0 Å². The first-order valence-corrected chi connectivity index (χ1v) is 9.62. The van der Waals surface area contributed by atoms with E-state index in [-0.39, 0.29) is 18.3 Å². The van der Waals surface area contributed by atoms with Crippen molar-refractivity contribution in [3.8, 4) is 0 Å². The fraction of sp³-hybridized carbons (Fsp3) is 0.636. The monoisotopic (exact) mass is 350 g/mol. The number of hydrogen-bond acceptors (Lipinski definition) is 3. The van der Waals surface area contributed by atoms with E-state index in [0.29, 0.717) is 13.0 Å². The van der Waals surface area contributed by atoms with Crippen molar-refractivity contribution in [1.82, 2.24) is 0 Å². The Kier molecular flexibility index (Phi) is 15.6. The standard InChI is InChI=1S/C22H38O3/c1-6-9-10-11-12-13-14-15-16-18-21(23)19(4)22(17-7-2)25-20(5)24-8-3/h7,12-16,18-23H,2,6,8-11,17H2,1,3-5H3/b13-12+,15-14-,18-16-/t19-,20?,21-,22-/m0/s1. The Bertz CT molecular complexity index is 398. The molecule has 0 aliphatic carbocycles. The summed E-state index contributed by atoms with van der Waals surface area (Å²) in [4.78, 5) is 0. The molecule has 0 aliphatic rings. The molecule has 3 nitrogen and oxygen atoms in total. The largest absolute Gasteiger partial charge is 0.389 e. The molecule has 3 heteroatoms. The third kappa shape index (κ3) is 12.8. The quantitative estimate of drug-likeness (QED) is 0.181. The summed E-state index contributed by atoms with van der Waals surface area (Å²) in [5.74, 6) is -0.0462. The Morgan fingerprint density at radius 2 is 1.76 bits per heavy atom. The van der Waals surface area contributed by atoms with Crippen molar-refractivity contribution >= 4 is 0 Å². The van der Waals surface area contributed by atoms with E-state index < -0.39 is 6.10 Å². The van der Waals surface area contributed by atoms with E-state index >= 15 is 0 Å². The Morgan fingerprint density at radius 1 is 1.04 bits per heavy atom. The van der Waals surface area contributed by atoms with Crippen molar-refractivity contribution in [2.75, 3.05) is 6.61 Å². The van der Waals surface area contributed by atoms with Gasteiger partial charge in [0.15, 0.2) is 6.29 Å². The highest BCUT2D eigenvalue weighted by Gasteiger charge is 2.24. The lowest BCUT2D eigenvalue weighted by atomic mass is 9.95. The maximum absolute atomic E-state index is 10.4. The molecule has 0 fully saturated rings. The SMILES string of the molecule is C=CC[C@H](OC(C)OCC)[C@@H](C)[C@@H](O)\C=C/C=C\C=C\CCCCC. The van der Waals surface area contributed by atoms with Crippen molar-refractivity contribution in [1.29, 1.82) is 0 Å². The van der Waals surface area contributed by atoms with Crippen molar-refractivity contribution in [2.45, 2.75) is 78.3 Å². The molecule has 0 aromatic rings. The second-order valence-electron chi connectivity index (χ2n) is 6.27. The molecule has 25 heavy (non-hydrogen) atoms. The van der Waals surface area contributed by atoms with E-state index in [2.05, 4.69) is 25.7 Å². The highest BCUT2D eigenvalue weighted by atomic mass is 16.7. The van der Waals surface area contributed by atoms with Gasteiger partial charge in [0.25, 0.3) is 0 Å². The number of allylic oxidation sites excluding steroid dienone is 5. The number of unbranched alkanes of at least 4 members (excludes halogenated alkanes) is 3. The molecule has 144 valence electrons. The fourth-order valence-electron chi connectivity index (χ4n) is 2.47. The predicted molar refractivity (Wildman–Crippen MR) is 108 cm³/mol. The summed E-state index contributed by atoms with van der Waals surface area (Å²) in [5, 5.41) is 10.4. The van der Waals surface area contributed by atoms with Crippen LogP contribution in [0.1, 0.15) is 59.8 Å². The third-order valence-electron chi connectivity index (χ3n) is 4.04. The first kappa shape index (κ1) is 23.8. The first-order valence-electron chi connectivity index (χ1n) is 9.62. The summed E-state index contributed by atoms with van der Waals surface area (Å²) in [6.45, 7) is 12.4. The van der Waals surface area contributed by atoms with E-state index in [4.69, 9.17) is 9.47 Å². The molecule has 4 atom stereocenters. The molecule has 0 saturated carbocycles. The molecular weight excluding hydrogens is 312 g/mol. The van der Waals surface area contributed by atoms with Crippen LogP contribution in [0.25, 0.3) is 0 Å². The molecule has 0 spiro atoms. The lowest BCUT2D eigenvalue weighted by molar-refractivity contribution is -0.173. The Hall–Kier alpha value is -1.16. The third-order valence-corrected chi connectivity index (χ3v) is 4.04. The van der Waals surface area contributed by atoms with Crippen LogP contribution in [0.15, 0.2) is 49.1 Å².